The molecule has 1 unspecified atom stereocenters. The van der Waals surface area contributed by atoms with Crippen LogP contribution in [-0.4, -0.2) is 20.9 Å². The summed E-state index contributed by atoms with van der Waals surface area (Å²) in [6.07, 6.45) is 4.09. The number of aromatic nitrogens is 3. The molecule has 106 valence electrons. The number of amides is 1. The lowest BCUT2D eigenvalue weighted by Gasteiger charge is -2.27. The summed E-state index contributed by atoms with van der Waals surface area (Å²) in [4.78, 5) is 25.1. The summed E-state index contributed by atoms with van der Waals surface area (Å²) in [6.45, 7) is 7.63. The number of carbonyl (C=O) groups excluding carboxylic acids is 1. The molecule has 0 spiro atoms. The van der Waals surface area contributed by atoms with Gasteiger partial charge in [-0.1, -0.05) is 6.92 Å². The molecule has 2 aromatic heterocycles. The Kier molecular flexibility index (Phi) is 4.13. The molecule has 2 rings (SSSR count). The molecule has 0 saturated carbocycles. The minimum absolute atomic E-state index is 0.165. The van der Waals surface area contributed by atoms with E-state index in [1.54, 1.807) is 30.7 Å². The van der Waals surface area contributed by atoms with Gasteiger partial charge in [0.2, 0.25) is 0 Å². The van der Waals surface area contributed by atoms with E-state index in [1.807, 2.05) is 26.2 Å². The van der Waals surface area contributed by atoms with Crippen molar-refractivity contribution in [3.8, 4) is 0 Å². The zero-order valence-corrected chi connectivity index (χ0v) is 12.9. The number of carbonyl (C=O) groups is 1. The van der Waals surface area contributed by atoms with Gasteiger partial charge in [0.25, 0.3) is 5.91 Å². The van der Waals surface area contributed by atoms with Crippen LogP contribution in [0.5, 0.6) is 0 Å². The average Bonchev–Trinajstić information content (AvgIpc) is 2.92. The van der Waals surface area contributed by atoms with Gasteiger partial charge >= 0.3 is 0 Å². The summed E-state index contributed by atoms with van der Waals surface area (Å²) in [5, 5.41) is 5.87. The van der Waals surface area contributed by atoms with Crippen LogP contribution >= 0.6 is 11.3 Å². The van der Waals surface area contributed by atoms with Gasteiger partial charge in [-0.05, 0) is 27.2 Å². The lowest BCUT2D eigenvalue weighted by molar-refractivity contribution is 0.0900. The quantitative estimate of drug-likeness (QED) is 0.940. The zero-order valence-electron chi connectivity index (χ0n) is 12.1. The molecule has 0 fully saturated rings. The summed E-state index contributed by atoms with van der Waals surface area (Å²) in [5.74, 6) is 0.499. The minimum Gasteiger partial charge on any atom is -0.340 e. The smallest absolute Gasteiger partial charge is 0.255 e. The van der Waals surface area contributed by atoms with E-state index < -0.39 is 5.54 Å². The van der Waals surface area contributed by atoms with Crippen molar-refractivity contribution in [2.24, 2.45) is 0 Å². The van der Waals surface area contributed by atoms with Gasteiger partial charge in [0.05, 0.1) is 16.8 Å². The first-order valence-electron chi connectivity index (χ1n) is 6.49. The molecule has 1 N–H and O–H groups in total. The number of nitrogens with one attached hydrogen (secondary N) is 1. The summed E-state index contributed by atoms with van der Waals surface area (Å²) in [5.41, 5.74) is 0.724. The second-order valence-electron chi connectivity index (χ2n) is 4.89. The summed E-state index contributed by atoms with van der Waals surface area (Å²) >= 11 is 1.54. The second kappa shape index (κ2) is 5.66. The highest BCUT2D eigenvalue weighted by molar-refractivity contribution is 7.09. The molecule has 0 saturated heterocycles. The first-order chi connectivity index (χ1) is 9.46. The molecular formula is C14H18N4OS. The molecule has 1 atom stereocenters. The van der Waals surface area contributed by atoms with Crippen LogP contribution in [0.2, 0.25) is 0 Å². The minimum atomic E-state index is -0.470. The highest BCUT2D eigenvalue weighted by atomic mass is 32.1. The number of hydrogen-bond acceptors (Lipinski definition) is 5. The first-order valence-corrected chi connectivity index (χ1v) is 7.37. The molecule has 2 aromatic rings. The van der Waals surface area contributed by atoms with Gasteiger partial charge in [-0.2, -0.15) is 0 Å². The fourth-order valence-corrected chi connectivity index (χ4v) is 2.74. The lowest BCUT2D eigenvalue weighted by Crippen LogP contribution is -2.43. The summed E-state index contributed by atoms with van der Waals surface area (Å²) in [6, 6.07) is 0. The molecule has 20 heavy (non-hydrogen) atoms. The molecule has 1 amide bonds. The fourth-order valence-electron chi connectivity index (χ4n) is 1.91. The van der Waals surface area contributed by atoms with Gasteiger partial charge in [0.1, 0.15) is 10.8 Å². The van der Waals surface area contributed by atoms with E-state index >= 15 is 0 Å². The van der Waals surface area contributed by atoms with E-state index in [4.69, 9.17) is 0 Å². The largest absolute Gasteiger partial charge is 0.340 e. The van der Waals surface area contributed by atoms with Gasteiger partial charge < -0.3 is 5.32 Å². The number of nitrogens with zero attached hydrogens (tertiary/aromatic N) is 3. The molecule has 6 heteroatoms. The maximum atomic E-state index is 12.4. The van der Waals surface area contributed by atoms with Crippen LogP contribution in [0.4, 0.5) is 0 Å². The standard InChI is InChI=1S/C14H18N4OS/c1-5-14(4,13-15-6-7-20-13)18-12(19)11-8-16-10(3)17-9(11)2/h6-8H,5H2,1-4H3,(H,18,19). The van der Waals surface area contributed by atoms with Crippen LogP contribution < -0.4 is 5.32 Å². The Hall–Kier alpha value is -1.82. The van der Waals surface area contributed by atoms with Crippen LogP contribution in [0.25, 0.3) is 0 Å². The summed E-state index contributed by atoms with van der Waals surface area (Å²) in [7, 11) is 0. The highest BCUT2D eigenvalue weighted by Gasteiger charge is 2.30. The van der Waals surface area contributed by atoms with Crippen LogP contribution in [-0.2, 0) is 5.54 Å². The average molecular weight is 290 g/mol. The maximum Gasteiger partial charge on any atom is 0.255 e. The Balaban J connectivity index is 2.26. The second-order valence-corrected chi connectivity index (χ2v) is 5.79. The first kappa shape index (κ1) is 14.6. The van der Waals surface area contributed by atoms with E-state index in [-0.39, 0.29) is 5.91 Å². The Morgan fingerprint density at radius 3 is 2.70 bits per heavy atom. The van der Waals surface area contributed by atoms with E-state index in [1.165, 1.54) is 0 Å². The molecule has 0 bridgehead atoms. The lowest BCUT2D eigenvalue weighted by atomic mass is 9.99. The Morgan fingerprint density at radius 1 is 1.40 bits per heavy atom. The number of rotatable bonds is 4. The van der Waals surface area contributed by atoms with Crippen molar-refractivity contribution in [1.82, 2.24) is 20.3 Å². The predicted octanol–water partition coefficient (Wildman–Crippen LogP) is 2.61. The Morgan fingerprint density at radius 2 is 2.15 bits per heavy atom. The van der Waals surface area contributed by atoms with Crippen LogP contribution in [0.1, 0.15) is 47.2 Å². The Labute approximate surface area is 122 Å². The molecule has 0 aliphatic rings. The van der Waals surface area contributed by atoms with Crippen molar-refractivity contribution in [3.05, 3.63) is 39.9 Å². The molecule has 0 radical (unpaired) electrons. The van der Waals surface area contributed by atoms with E-state index in [0.29, 0.717) is 17.1 Å². The van der Waals surface area contributed by atoms with E-state index in [9.17, 15) is 4.79 Å². The third-order valence-corrected chi connectivity index (χ3v) is 4.38. The predicted molar refractivity (Wildman–Crippen MR) is 78.7 cm³/mol. The fraction of sp³-hybridized carbons (Fsp3) is 0.429. The van der Waals surface area contributed by atoms with Crippen molar-refractivity contribution in [1.29, 1.82) is 0 Å². The Bertz CT molecular complexity index is 612. The molecule has 0 aliphatic heterocycles. The SMILES string of the molecule is CCC(C)(NC(=O)c1cnc(C)nc1C)c1nccs1. The monoisotopic (exact) mass is 290 g/mol. The van der Waals surface area contributed by atoms with Crippen molar-refractivity contribution in [3.63, 3.8) is 0 Å². The molecule has 2 heterocycles. The number of aryl methyl sites for hydroxylation is 2. The zero-order chi connectivity index (χ0) is 14.8. The van der Waals surface area contributed by atoms with Gasteiger partial charge in [-0.25, -0.2) is 15.0 Å². The maximum absolute atomic E-state index is 12.4. The van der Waals surface area contributed by atoms with Crippen molar-refractivity contribution in [2.75, 3.05) is 0 Å². The normalized spacial score (nSPS) is 13.8. The van der Waals surface area contributed by atoms with Crippen molar-refractivity contribution < 1.29 is 4.79 Å². The van der Waals surface area contributed by atoms with Gasteiger partial charge in [-0.15, -0.1) is 11.3 Å². The van der Waals surface area contributed by atoms with Crippen LogP contribution in [0.15, 0.2) is 17.8 Å². The molecule has 0 aliphatic carbocycles. The van der Waals surface area contributed by atoms with Gasteiger partial charge in [-0.3, -0.25) is 4.79 Å². The third-order valence-electron chi connectivity index (χ3n) is 3.35. The highest BCUT2D eigenvalue weighted by Crippen LogP contribution is 2.26. The summed E-state index contributed by atoms with van der Waals surface area (Å²) < 4.78 is 0. The molecular weight excluding hydrogens is 272 g/mol. The topological polar surface area (TPSA) is 67.8 Å². The van der Waals surface area contributed by atoms with Gasteiger partial charge in [0, 0.05) is 17.8 Å². The van der Waals surface area contributed by atoms with Crippen molar-refractivity contribution in [2.45, 2.75) is 39.7 Å². The molecule has 0 aromatic carbocycles. The van der Waals surface area contributed by atoms with Crippen LogP contribution in [0, 0.1) is 13.8 Å². The van der Waals surface area contributed by atoms with Crippen molar-refractivity contribution >= 4 is 17.2 Å². The van der Waals surface area contributed by atoms with Gasteiger partial charge in [0.15, 0.2) is 0 Å². The van der Waals surface area contributed by atoms with Crippen LogP contribution in [0.3, 0.4) is 0 Å². The van der Waals surface area contributed by atoms with E-state index in [2.05, 4.69) is 20.3 Å². The van der Waals surface area contributed by atoms with E-state index in [0.717, 1.165) is 11.4 Å². The third kappa shape index (κ3) is 2.85. The number of thiazole rings is 1. The number of hydrogen-bond donors (Lipinski definition) is 1. The molecule has 5 nitrogen and oxygen atoms in total.